The Labute approximate surface area is 106 Å². The van der Waals surface area contributed by atoms with Gasteiger partial charge in [-0.25, -0.2) is 0 Å². The second kappa shape index (κ2) is 4.09. The highest BCUT2D eigenvalue weighted by molar-refractivity contribution is 6.52. The standard InChI is InChI=1S/C15H16O3/c1-15(2,3)8-11-12(16)9-6-4-5-7-10(9)13(17)14(11)18/h4-7,16H,8H2,1-3H3. The predicted octanol–water partition coefficient (Wildman–Crippen LogP) is 3.16. The van der Waals surface area contributed by atoms with E-state index in [4.69, 9.17) is 0 Å². The lowest BCUT2D eigenvalue weighted by molar-refractivity contribution is -0.112. The van der Waals surface area contributed by atoms with Crippen LogP contribution in [0, 0.1) is 5.41 Å². The van der Waals surface area contributed by atoms with Gasteiger partial charge in [-0.15, -0.1) is 0 Å². The third-order valence-electron chi connectivity index (χ3n) is 2.90. The van der Waals surface area contributed by atoms with E-state index in [0.717, 1.165) is 0 Å². The summed E-state index contributed by atoms with van der Waals surface area (Å²) in [6.45, 7) is 5.89. The Morgan fingerprint density at radius 1 is 1.00 bits per heavy atom. The second-order valence-corrected chi connectivity index (χ2v) is 5.77. The average molecular weight is 244 g/mol. The van der Waals surface area contributed by atoms with Gasteiger partial charge in [0, 0.05) is 16.7 Å². The van der Waals surface area contributed by atoms with Crippen LogP contribution < -0.4 is 0 Å². The van der Waals surface area contributed by atoms with Crippen LogP contribution in [0.25, 0.3) is 5.76 Å². The van der Waals surface area contributed by atoms with E-state index < -0.39 is 11.6 Å². The van der Waals surface area contributed by atoms with Crippen LogP contribution in [-0.4, -0.2) is 16.7 Å². The molecule has 1 aromatic carbocycles. The summed E-state index contributed by atoms with van der Waals surface area (Å²) in [7, 11) is 0. The molecule has 1 aliphatic carbocycles. The van der Waals surface area contributed by atoms with E-state index in [2.05, 4.69) is 0 Å². The normalized spacial score (nSPS) is 15.9. The smallest absolute Gasteiger partial charge is 0.234 e. The molecule has 1 aliphatic rings. The highest BCUT2D eigenvalue weighted by atomic mass is 16.3. The zero-order chi connectivity index (χ0) is 13.5. The van der Waals surface area contributed by atoms with Crippen molar-refractivity contribution in [2.45, 2.75) is 27.2 Å². The average Bonchev–Trinajstić information content (AvgIpc) is 2.31. The zero-order valence-corrected chi connectivity index (χ0v) is 10.8. The first kappa shape index (κ1) is 12.6. The van der Waals surface area contributed by atoms with Crippen LogP contribution in [0.4, 0.5) is 0 Å². The topological polar surface area (TPSA) is 54.4 Å². The number of aliphatic hydroxyl groups is 1. The Balaban J connectivity index is 2.59. The number of fused-ring (bicyclic) bond motifs is 1. The Morgan fingerprint density at radius 3 is 2.11 bits per heavy atom. The van der Waals surface area contributed by atoms with Gasteiger partial charge < -0.3 is 5.11 Å². The fourth-order valence-corrected chi connectivity index (χ4v) is 2.11. The van der Waals surface area contributed by atoms with Gasteiger partial charge in [-0.05, 0) is 11.8 Å². The summed E-state index contributed by atoms with van der Waals surface area (Å²) in [5, 5.41) is 10.2. The predicted molar refractivity (Wildman–Crippen MR) is 69.4 cm³/mol. The molecule has 18 heavy (non-hydrogen) atoms. The molecule has 0 saturated heterocycles. The first-order chi connectivity index (χ1) is 8.31. The van der Waals surface area contributed by atoms with E-state index in [1.165, 1.54) is 0 Å². The van der Waals surface area contributed by atoms with E-state index in [-0.39, 0.29) is 22.3 Å². The van der Waals surface area contributed by atoms with Crippen molar-refractivity contribution >= 4 is 17.3 Å². The molecule has 0 fully saturated rings. The van der Waals surface area contributed by atoms with Gasteiger partial charge in [-0.2, -0.15) is 0 Å². The van der Waals surface area contributed by atoms with Crippen LogP contribution in [0.2, 0.25) is 0 Å². The molecule has 0 heterocycles. The van der Waals surface area contributed by atoms with Crippen LogP contribution in [-0.2, 0) is 4.79 Å². The summed E-state index contributed by atoms with van der Waals surface area (Å²) >= 11 is 0. The molecule has 0 atom stereocenters. The van der Waals surface area contributed by atoms with E-state index in [9.17, 15) is 14.7 Å². The number of allylic oxidation sites excluding steroid dienone is 1. The molecule has 0 unspecified atom stereocenters. The first-order valence-corrected chi connectivity index (χ1v) is 5.92. The highest BCUT2D eigenvalue weighted by Crippen LogP contribution is 2.34. The minimum absolute atomic E-state index is 0.0508. The van der Waals surface area contributed by atoms with Crippen molar-refractivity contribution in [2.75, 3.05) is 0 Å². The van der Waals surface area contributed by atoms with Crippen molar-refractivity contribution in [1.82, 2.24) is 0 Å². The molecule has 0 aromatic heterocycles. The van der Waals surface area contributed by atoms with Crippen molar-refractivity contribution in [3.63, 3.8) is 0 Å². The number of Topliss-reactive ketones (excluding diaryl/α,β-unsaturated/α-hetero) is 2. The minimum Gasteiger partial charge on any atom is -0.507 e. The summed E-state index contributed by atoms with van der Waals surface area (Å²) in [4.78, 5) is 24.0. The van der Waals surface area contributed by atoms with Gasteiger partial charge in [-0.1, -0.05) is 45.0 Å². The van der Waals surface area contributed by atoms with Crippen molar-refractivity contribution in [2.24, 2.45) is 5.41 Å². The highest BCUT2D eigenvalue weighted by Gasteiger charge is 2.34. The molecular weight excluding hydrogens is 228 g/mol. The molecule has 0 saturated carbocycles. The quantitative estimate of drug-likeness (QED) is 0.772. The summed E-state index contributed by atoms with van der Waals surface area (Å²) < 4.78 is 0. The third-order valence-corrected chi connectivity index (χ3v) is 2.90. The number of ketones is 2. The maximum Gasteiger partial charge on any atom is 0.234 e. The monoisotopic (exact) mass is 244 g/mol. The number of benzene rings is 1. The molecule has 3 nitrogen and oxygen atoms in total. The Morgan fingerprint density at radius 2 is 1.56 bits per heavy atom. The number of rotatable bonds is 1. The van der Waals surface area contributed by atoms with Crippen molar-refractivity contribution in [3.8, 4) is 0 Å². The number of hydrogen-bond acceptors (Lipinski definition) is 3. The maximum atomic E-state index is 12.0. The van der Waals surface area contributed by atoms with Crippen molar-refractivity contribution in [1.29, 1.82) is 0 Å². The largest absolute Gasteiger partial charge is 0.507 e. The summed E-state index contributed by atoms with van der Waals surface area (Å²) in [6, 6.07) is 6.66. The fourth-order valence-electron chi connectivity index (χ4n) is 2.11. The maximum absolute atomic E-state index is 12.0. The number of carbonyl (C=O) groups is 2. The fraction of sp³-hybridized carbons (Fsp3) is 0.333. The van der Waals surface area contributed by atoms with Gasteiger partial charge in [0.1, 0.15) is 5.76 Å². The molecule has 0 aliphatic heterocycles. The van der Waals surface area contributed by atoms with Gasteiger partial charge in [0.25, 0.3) is 0 Å². The molecule has 0 amide bonds. The molecule has 1 N–H and O–H groups in total. The molecule has 0 radical (unpaired) electrons. The lowest BCUT2D eigenvalue weighted by atomic mass is 9.80. The molecule has 0 bridgehead atoms. The Kier molecular flexibility index (Phi) is 2.85. The lowest BCUT2D eigenvalue weighted by Crippen LogP contribution is -2.26. The summed E-state index contributed by atoms with van der Waals surface area (Å²) in [6.07, 6.45) is 0.387. The number of carbonyl (C=O) groups excluding carboxylic acids is 2. The van der Waals surface area contributed by atoms with Crippen LogP contribution in [0.3, 0.4) is 0 Å². The van der Waals surface area contributed by atoms with E-state index in [0.29, 0.717) is 12.0 Å². The zero-order valence-electron chi connectivity index (χ0n) is 10.8. The van der Waals surface area contributed by atoms with E-state index in [1.54, 1.807) is 24.3 Å². The molecule has 1 aromatic rings. The minimum atomic E-state index is -0.582. The third kappa shape index (κ3) is 2.08. The molecule has 94 valence electrons. The van der Waals surface area contributed by atoms with Gasteiger partial charge in [0.15, 0.2) is 0 Å². The van der Waals surface area contributed by atoms with Crippen LogP contribution >= 0.6 is 0 Å². The van der Waals surface area contributed by atoms with E-state index >= 15 is 0 Å². The van der Waals surface area contributed by atoms with Crippen LogP contribution in [0.15, 0.2) is 29.8 Å². The van der Waals surface area contributed by atoms with Gasteiger partial charge in [0.05, 0.1) is 0 Å². The van der Waals surface area contributed by atoms with Gasteiger partial charge >= 0.3 is 0 Å². The second-order valence-electron chi connectivity index (χ2n) is 5.77. The Hall–Kier alpha value is -1.90. The van der Waals surface area contributed by atoms with Crippen LogP contribution in [0.5, 0.6) is 0 Å². The molecule has 3 heteroatoms. The molecular formula is C15H16O3. The molecule has 2 rings (SSSR count). The summed E-state index contributed by atoms with van der Waals surface area (Å²) in [5.41, 5.74) is 0.816. The van der Waals surface area contributed by atoms with Crippen LogP contribution in [0.1, 0.15) is 43.1 Å². The van der Waals surface area contributed by atoms with Gasteiger partial charge in [0.2, 0.25) is 11.6 Å². The lowest BCUT2D eigenvalue weighted by Gasteiger charge is -2.23. The summed E-state index contributed by atoms with van der Waals surface area (Å²) in [5.74, 6) is -1.16. The first-order valence-electron chi connectivity index (χ1n) is 5.92. The number of aliphatic hydroxyl groups excluding tert-OH is 1. The van der Waals surface area contributed by atoms with Gasteiger partial charge in [-0.3, -0.25) is 9.59 Å². The van der Waals surface area contributed by atoms with Crippen molar-refractivity contribution in [3.05, 3.63) is 41.0 Å². The van der Waals surface area contributed by atoms with E-state index in [1.807, 2.05) is 20.8 Å². The molecule has 0 spiro atoms. The van der Waals surface area contributed by atoms with Crippen molar-refractivity contribution < 1.29 is 14.7 Å². The Bertz CT molecular complexity index is 559. The number of hydrogen-bond donors (Lipinski definition) is 1. The SMILES string of the molecule is CC(C)(C)CC1=C(O)c2ccccc2C(=O)C1=O.